The van der Waals surface area contributed by atoms with Gasteiger partial charge >= 0.3 is 23.1 Å². The number of carbonyl (C=O) groups is 2. The van der Waals surface area contributed by atoms with Crippen molar-refractivity contribution >= 4 is 35.0 Å². The molecular weight excluding hydrogens is 586 g/mol. The first-order valence-electron chi connectivity index (χ1n) is 17.9. The van der Waals surface area contributed by atoms with Gasteiger partial charge in [0, 0.05) is 31.4 Å². The Bertz CT molecular complexity index is 461. The fourth-order valence-corrected chi connectivity index (χ4v) is 5.28. The molecule has 0 N–H and O–H groups in total. The van der Waals surface area contributed by atoms with Crippen LogP contribution in [0.2, 0.25) is 0 Å². The molecule has 0 aromatic carbocycles. The Balaban J connectivity index is -0.000000328. The van der Waals surface area contributed by atoms with Crippen molar-refractivity contribution in [2.75, 3.05) is 0 Å². The third-order valence-corrected chi connectivity index (χ3v) is 7.97. The van der Waals surface area contributed by atoms with Crippen LogP contribution in [0.1, 0.15) is 219 Å². The summed E-state index contributed by atoms with van der Waals surface area (Å²) in [5.74, 6) is -1.81. The molecule has 242 valence electrons. The molecule has 6 heteroatoms. The minimum atomic E-state index is -0.903. The van der Waals surface area contributed by atoms with Crippen molar-refractivity contribution in [2.45, 2.75) is 219 Å². The number of hydrogen-bond acceptors (Lipinski definition) is 4. The molecule has 0 atom stereocenters. The van der Waals surface area contributed by atoms with Crippen molar-refractivity contribution < 1.29 is 39.3 Å². The quantitative estimate of drug-likeness (QED) is 0.0534. The number of hydrogen-bond donors (Lipinski definition) is 0. The molecule has 0 amide bonds. The number of carboxylic acids is 2. The molecule has 0 bridgehead atoms. The predicted octanol–water partition coefficient (Wildman–Crippen LogP) is 9.61. The standard InChI is InChI=1S/2C18H36O2.Mg.Zn/c2*1-2-3-4-5-6-7-8-9-10-11-12-13-14-15-16-17-18(19)20;;/h2*2-17H2,1H3,(H,19,20);;/q;;+2;/p-2. The van der Waals surface area contributed by atoms with Crippen molar-refractivity contribution in [3.05, 3.63) is 0 Å². The van der Waals surface area contributed by atoms with Crippen molar-refractivity contribution in [3.8, 4) is 0 Å². The van der Waals surface area contributed by atoms with Crippen LogP contribution in [-0.4, -0.2) is 35.0 Å². The normalized spacial score (nSPS) is 10.3. The fourth-order valence-electron chi connectivity index (χ4n) is 5.28. The molecule has 0 aromatic heterocycles. The number of unbranched alkanes of at least 4 members (excludes halogenated alkanes) is 28. The Morgan fingerprint density at radius 3 is 0.619 bits per heavy atom. The van der Waals surface area contributed by atoms with Gasteiger partial charge in [0.15, 0.2) is 0 Å². The van der Waals surface area contributed by atoms with Gasteiger partial charge in [-0.25, -0.2) is 0 Å². The average molecular weight is 657 g/mol. The summed E-state index contributed by atoms with van der Waals surface area (Å²) in [6.07, 6.45) is 39.7. The van der Waals surface area contributed by atoms with Crippen molar-refractivity contribution in [2.24, 2.45) is 0 Å². The molecule has 0 unspecified atom stereocenters. The van der Waals surface area contributed by atoms with Crippen LogP contribution in [0.25, 0.3) is 0 Å². The van der Waals surface area contributed by atoms with E-state index in [1.807, 2.05) is 0 Å². The summed E-state index contributed by atoms with van der Waals surface area (Å²) >= 11 is 0. The number of aliphatic carboxylic acids is 2. The Labute approximate surface area is 292 Å². The topological polar surface area (TPSA) is 80.3 Å². The van der Waals surface area contributed by atoms with Crippen LogP contribution >= 0.6 is 0 Å². The fraction of sp³-hybridized carbons (Fsp3) is 0.944. The number of rotatable bonds is 32. The van der Waals surface area contributed by atoms with Gasteiger partial charge in [-0.1, -0.05) is 194 Å². The second-order valence-corrected chi connectivity index (χ2v) is 12.1. The summed E-state index contributed by atoms with van der Waals surface area (Å²) in [7, 11) is 0. The van der Waals surface area contributed by atoms with E-state index in [0.717, 1.165) is 25.7 Å². The zero-order valence-electron chi connectivity index (χ0n) is 28.7. The van der Waals surface area contributed by atoms with E-state index < -0.39 is 11.9 Å². The Hall–Kier alpha value is 0.330. The summed E-state index contributed by atoms with van der Waals surface area (Å²) in [6, 6.07) is 0. The zero-order valence-corrected chi connectivity index (χ0v) is 33.1. The molecule has 0 spiro atoms. The van der Waals surface area contributed by atoms with Crippen LogP contribution in [0.15, 0.2) is 0 Å². The van der Waals surface area contributed by atoms with Crippen LogP contribution in [0, 0.1) is 0 Å². The maximum Gasteiger partial charge on any atom is 2.00 e. The van der Waals surface area contributed by atoms with E-state index in [1.165, 1.54) is 167 Å². The smallest absolute Gasteiger partial charge is 0.550 e. The first-order valence-corrected chi connectivity index (χ1v) is 17.9. The molecule has 4 nitrogen and oxygen atoms in total. The largest absolute Gasteiger partial charge is 2.00 e. The van der Waals surface area contributed by atoms with Crippen molar-refractivity contribution in [1.29, 1.82) is 0 Å². The van der Waals surface area contributed by atoms with Crippen LogP contribution in [0.5, 0.6) is 0 Å². The van der Waals surface area contributed by atoms with E-state index in [4.69, 9.17) is 0 Å². The third kappa shape index (κ3) is 52.9. The van der Waals surface area contributed by atoms with Crippen molar-refractivity contribution in [3.63, 3.8) is 0 Å². The first kappa shape index (κ1) is 49.2. The summed E-state index contributed by atoms with van der Waals surface area (Å²) in [5, 5.41) is 20.4. The monoisotopic (exact) mass is 654 g/mol. The number of carbonyl (C=O) groups excluding carboxylic acids is 2. The minimum absolute atomic E-state index is 0. The summed E-state index contributed by atoms with van der Waals surface area (Å²) in [5.41, 5.74) is 0. The van der Waals surface area contributed by atoms with Gasteiger partial charge in [0.1, 0.15) is 0 Å². The summed E-state index contributed by atoms with van der Waals surface area (Å²) in [4.78, 5) is 20.4. The van der Waals surface area contributed by atoms with Crippen LogP contribution < -0.4 is 10.2 Å². The third-order valence-electron chi connectivity index (χ3n) is 7.97. The SMILES string of the molecule is CCCCCCCCCCCCCCCCCC(=O)[O-].CCCCCCCCCCCCCCCCCC(=O)[O-].[Mg+2].[Zn]. The molecule has 0 radical (unpaired) electrons. The molecule has 0 heterocycles. The molecule has 0 fully saturated rings. The molecule has 0 aliphatic rings. The molecule has 0 aliphatic heterocycles. The summed E-state index contributed by atoms with van der Waals surface area (Å²) in [6.45, 7) is 4.53. The Kier molecular flexibility index (Phi) is 53.6. The maximum atomic E-state index is 10.2. The maximum absolute atomic E-state index is 10.2. The molecule has 0 rings (SSSR count). The number of carboxylic acid groups (broad SMARTS) is 2. The van der Waals surface area contributed by atoms with Gasteiger partial charge in [0.25, 0.3) is 0 Å². The van der Waals surface area contributed by atoms with Gasteiger partial charge < -0.3 is 19.8 Å². The van der Waals surface area contributed by atoms with Gasteiger partial charge in [-0.15, -0.1) is 0 Å². The minimum Gasteiger partial charge on any atom is -0.550 e. The molecule has 0 aromatic rings. The molecule has 0 saturated heterocycles. The Morgan fingerprint density at radius 1 is 0.333 bits per heavy atom. The van der Waals surface area contributed by atoms with Gasteiger partial charge in [-0.05, 0) is 25.7 Å². The van der Waals surface area contributed by atoms with Gasteiger partial charge in [0.2, 0.25) is 0 Å². The van der Waals surface area contributed by atoms with E-state index in [9.17, 15) is 19.8 Å². The zero-order chi connectivity index (χ0) is 29.8. The van der Waals surface area contributed by atoms with E-state index in [-0.39, 0.29) is 55.4 Å². The molecular formula is C36H70MgO4Zn. The summed E-state index contributed by atoms with van der Waals surface area (Å²) < 4.78 is 0. The van der Waals surface area contributed by atoms with E-state index in [1.54, 1.807) is 0 Å². The first-order chi connectivity index (χ1) is 19.5. The van der Waals surface area contributed by atoms with Crippen LogP contribution in [-0.2, 0) is 29.1 Å². The van der Waals surface area contributed by atoms with Gasteiger partial charge in [-0.3, -0.25) is 0 Å². The molecule has 42 heavy (non-hydrogen) atoms. The second kappa shape index (κ2) is 45.8. The van der Waals surface area contributed by atoms with E-state index >= 15 is 0 Å². The van der Waals surface area contributed by atoms with Crippen molar-refractivity contribution in [1.82, 2.24) is 0 Å². The van der Waals surface area contributed by atoms with Crippen LogP contribution in [0.3, 0.4) is 0 Å². The Morgan fingerprint density at radius 2 is 0.476 bits per heavy atom. The average Bonchev–Trinajstić information content (AvgIpc) is 2.93. The second-order valence-electron chi connectivity index (χ2n) is 12.1. The molecule has 0 aliphatic carbocycles. The molecule has 0 saturated carbocycles. The van der Waals surface area contributed by atoms with Gasteiger partial charge in [0.05, 0.1) is 0 Å². The van der Waals surface area contributed by atoms with Gasteiger partial charge in [-0.2, -0.15) is 0 Å². The predicted molar refractivity (Wildman–Crippen MR) is 175 cm³/mol. The van der Waals surface area contributed by atoms with E-state index in [0.29, 0.717) is 0 Å². The van der Waals surface area contributed by atoms with E-state index in [2.05, 4.69) is 13.8 Å². The van der Waals surface area contributed by atoms with Crippen LogP contribution in [0.4, 0.5) is 0 Å².